The van der Waals surface area contributed by atoms with Gasteiger partial charge in [-0.2, -0.15) is 0 Å². The zero-order valence-electron chi connectivity index (χ0n) is 21.8. The third kappa shape index (κ3) is 6.46. The average Bonchev–Trinajstić information content (AvgIpc) is 2.77. The topological polar surface area (TPSA) is 98.7 Å². The molecule has 6 nitrogen and oxygen atoms in total. The maximum Gasteiger partial charge on any atom is 0.172 e. The maximum atomic E-state index is 14.0. The van der Waals surface area contributed by atoms with Crippen molar-refractivity contribution in [2.45, 2.75) is 123 Å². The Morgan fingerprint density at radius 2 is 1.32 bits per heavy atom. The van der Waals surface area contributed by atoms with Gasteiger partial charge in [-0.25, -0.2) is 0 Å². The van der Waals surface area contributed by atoms with Gasteiger partial charge in [-0.3, -0.25) is 14.9 Å². The molecule has 0 aliphatic heterocycles. The monoisotopic (exact) mass is 436 g/mol. The van der Waals surface area contributed by atoms with Crippen LogP contribution in [-0.4, -0.2) is 73.3 Å². The minimum Gasteiger partial charge on any atom is -0.382 e. The average molecular weight is 436 g/mol. The van der Waals surface area contributed by atoms with Crippen molar-refractivity contribution < 1.29 is 19.8 Å². The molecule has 0 aromatic heterocycles. The smallest absolute Gasteiger partial charge is 0.172 e. The number of aliphatic hydroxyl groups is 2. The first-order valence-electron chi connectivity index (χ1n) is 12.3. The molecule has 0 spiro atoms. The van der Waals surface area contributed by atoms with E-state index in [1.54, 1.807) is 14.8 Å². The molecule has 178 valence electrons. The highest BCUT2D eigenvalue weighted by Crippen LogP contribution is 2.43. The summed E-state index contributed by atoms with van der Waals surface area (Å²) in [7, 11) is 4.30. The molecule has 0 radical (unpaired) electrons. The van der Waals surface area contributed by atoms with E-state index < -0.39 is 34.2 Å². The molecule has 31 heavy (non-hydrogen) atoms. The van der Waals surface area contributed by atoms with Crippen LogP contribution in [0, 0.1) is 5.41 Å². The Hall–Kier alpha value is -0.625. The Bertz CT molecular complexity index is 595. The van der Waals surface area contributed by atoms with Crippen LogP contribution in [0.5, 0.6) is 0 Å². The van der Waals surface area contributed by atoms with Crippen molar-refractivity contribution in [2.75, 3.05) is 0 Å². The molecular formula is C22H47B3N2O4. The first-order chi connectivity index (χ1) is 14.2. The zero-order valence-corrected chi connectivity index (χ0v) is 21.8. The van der Waals surface area contributed by atoms with Crippen LogP contribution < -0.4 is 10.6 Å². The molecule has 0 amide bonds. The largest absolute Gasteiger partial charge is 0.382 e. The number of hydrogen-bond donors (Lipinski definition) is 4. The Morgan fingerprint density at radius 3 is 1.65 bits per heavy atom. The molecule has 0 aliphatic rings. The molecule has 4 N–H and O–H groups in total. The third-order valence-electron chi connectivity index (χ3n) is 7.90. The van der Waals surface area contributed by atoms with E-state index in [1.807, 2.05) is 56.2 Å². The number of Topliss-reactive ketones (excluding diaryl/α,β-unsaturated/α-hetero) is 2. The molecule has 0 aliphatic carbocycles. The normalized spacial score (nSPS) is 18.5. The SMILES string of the molecule is BBC(NC(C)(O)CC)C(=O)C(CC)(CC)C(C)(CC)NC(B)C(=O)C(O)(CC)CC. The summed E-state index contributed by atoms with van der Waals surface area (Å²) >= 11 is 0. The van der Waals surface area contributed by atoms with Crippen LogP contribution in [0.3, 0.4) is 0 Å². The Balaban J connectivity index is 6.18. The van der Waals surface area contributed by atoms with Crippen LogP contribution in [0.4, 0.5) is 0 Å². The molecule has 0 rings (SSSR count). The zero-order chi connectivity index (χ0) is 24.7. The van der Waals surface area contributed by atoms with Gasteiger partial charge in [0.15, 0.2) is 5.78 Å². The van der Waals surface area contributed by atoms with Gasteiger partial charge >= 0.3 is 0 Å². The Morgan fingerprint density at radius 1 is 0.839 bits per heavy atom. The van der Waals surface area contributed by atoms with Crippen LogP contribution in [0.1, 0.15) is 93.9 Å². The molecule has 0 saturated carbocycles. The van der Waals surface area contributed by atoms with Gasteiger partial charge in [0.2, 0.25) is 0 Å². The number of hydrogen-bond acceptors (Lipinski definition) is 6. The highest BCUT2D eigenvalue weighted by atomic mass is 16.3. The van der Waals surface area contributed by atoms with Crippen molar-refractivity contribution in [1.29, 1.82) is 0 Å². The second kappa shape index (κ2) is 12.0. The van der Waals surface area contributed by atoms with E-state index in [-0.39, 0.29) is 11.6 Å². The van der Waals surface area contributed by atoms with Crippen LogP contribution >= 0.6 is 0 Å². The highest BCUT2D eigenvalue weighted by Gasteiger charge is 2.53. The van der Waals surface area contributed by atoms with Crippen molar-refractivity contribution in [3.05, 3.63) is 0 Å². The summed E-state index contributed by atoms with van der Waals surface area (Å²) < 4.78 is 0. The molecule has 4 atom stereocenters. The lowest BCUT2D eigenvalue weighted by atomic mass is 9.45. The van der Waals surface area contributed by atoms with E-state index in [4.69, 9.17) is 0 Å². The second-order valence-corrected chi connectivity index (χ2v) is 9.54. The number of carbonyl (C=O) groups is 2. The van der Waals surface area contributed by atoms with Crippen LogP contribution in [0.25, 0.3) is 0 Å². The van der Waals surface area contributed by atoms with Gasteiger partial charge in [0.1, 0.15) is 32.1 Å². The van der Waals surface area contributed by atoms with Gasteiger partial charge in [-0.1, -0.05) is 41.5 Å². The molecule has 0 aromatic rings. The lowest BCUT2D eigenvalue weighted by Crippen LogP contribution is -2.68. The van der Waals surface area contributed by atoms with E-state index in [9.17, 15) is 19.8 Å². The quantitative estimate of drug-likeness (QED) is 0.204. The summed E-state index contributed by atoms with van der Waals surface area (Å²) in [6.07, 6.45) is 3.07. The first kappa shape index (κ1) is 30.4. The van der Waals surface area contributed by atoms with Crippen LogP contribution in [-0.2, 0) is 9.59 Å². The molecule has 0 fully saturated rings. The molecule has 9 heteroatoms. The summed E-state index contributed by atoms with van der Waals surface area (Å²) in [5.74, 6) is -1.25. The van der Waals surface area contributed by atoms with Crippen molar-refractivity contribution >= 4 is 34.3 Å². The third-order valence-corrected chi connectivity index (χ3v) is 7.90. The predicted molar refractivity (Wildman–Crippen MR) is 136 cm³/mol. The van der Waals surface area contributed by atoms with Crippen LogP contribution in [0.15, 0.2) is 0 Å². The molecule has 0 heterocycles. The number of rotatable bonds is 16. The number of nitrogens with one attached hydrogen (secondary N) is 2. The number of ketones is 2. The van der Waals surface area contributed by atoms with Gasteiger partial charge < -0.3 is 15.5 Å². The van der Waals surface area contributed by atoms with Gasteiger partial charge in [-0.15, -0.1) is 0 Å². The molecule has 0 bridgehead atoms. The molecule has 4 unspecified atom stereocenters. The summed E-state index contributed by atoms with van der Waals surface area (Å²) in [6, 6.07) is 0. The van der Waals surface area contributed by atoms with E-state index in [0.29, 0.717) is 45.7 Å². The summed E-state index contributed by atoms with van der Waals surface area (Å²) in [5, 5.41) is 27.9. The molecule has 0 saturated heterocycles. The standard InChI is InChI=1S/C22H47B3N2O4/c1-9-19(7,26-17(23)15(28)22(31,13-5)14-6)21(11-3,12-4)16(29)18(25-24)27-20(8,30)10-2/h17-18,25-27,30-31H,9-14,23-24H2,1-8H3. The second-order valence-electron chi connectivity index (χ2n) is 9.54. The highest BCUT2D eigenvalue weighted by molar-refractivity contribution is 6.92. The van der Waals surface area contributed by atoms with Gasteiger partial charge in [0, 0.05) is 22.8 Å². The molecule has 0 aromatic carbocycles. The number of carbonyl (C=O) groups excluding carboxylic acids is 2. The van der Waals surface area contributed by atoms with E-state index in [2.05, 4.69) is 10.6 Å². The van der Waals surface area contributed by atoms with Gasteiger partial charge in [-0.05, 0) is 52.4 Å². The predicted octanol–water partition coefficient (Wildman–Crippen LogP) is 0.218. The van der Waals surface area contributed by atoms with Crippen LogP contribution in [0.2, 0.25) is 0 Å². The van der Waals surface area contributed by atoms with E-state index >= 15 is 0 Å². The fraction of sp³-hybridized carbons (Fsp3) is 0.909. The van der Waals surface area contributed by atoms with E-state index in [0.717, 1.165) is 0 Å². The molecular weight excluding hydrogens is 389 g/mol. The van der Waals surface area contributed by atoms with Gasteiger partial charge in [0.25, 0.3) is 0 Å². The fourth-order valence-electron chi connectivity index (χ4n) is 4.94. The lowest BCUT2D eigenvalue weighted by Gasteiger charge is -2.51. The van der Waals surface area contributed by atoms with E-state index in [1.165, 1.54) is 0 Å². The summed E-state index contributed by atoms with van der Waals surface area (Å²) in [4.78, 5) is 27.0. The van der Waals surface area contributed by atoms with Crippen molar-refractivity contribution in [3.8, 4) is 0 Å². The van der Waals surface area contributed by atoms with Gasteiger partial charge in [0.05, 0.1) is 7.74 Å². The minimum absolute atomic E-state index is 0.0615. The maximum absolute atomic E-state index is 14.0. The summed E-state index contributed by atoms with van der Waals surface area (Å²) in [5.41, 5.74) is -3.87. The Kier molecular flexibility index (Phi) is 11.8. The van der Waals surface area contributed by atoms with Crippen molar-refractivity contribution in [2.24, 2.45) is 5.41 Å². The lowest BCUT2D eigenvalue weighted by molar-refractivity contribution is -0.142. The Labute approximate surface area is 193 Å². The first-order valence-corrected chi connectivity index (χ1v) is 12.3. The minimum atomic E-state index is -1.36. The fourth-order valence-corrected chi connectivity index (χ4v) is 4.94. The summed E-state index contributed by atoms with van der Waals surface area (Å²) in [6.45, 7) is 15.3. The van der Waals surface area contributed by atoms with Crippen molar-refractivity contribution in [3.63, 3.8) is 0 Å². The van der Waals surface area contributed by atoms with Crippen molar-refractivity contribution in [1.82, 2.24) is 10.6 Å².